The topological polar surface area (TPSA) is 49.3 Å². The standard InChI is InChI=1S/C18H22ClFN4S.HI/c1-21-18(22-9-8-14-6-7-17(19)24-12-14)23-10-11-25-13-15-4-2-3-5-16(15)20;/h2-7,12H,8-11,13H2,1H3,(H2,21,22,23);1H. The molecule has 8 heteroatoms. The molecule has 1 aromatic heterocycles. The summed E-state index contributed by atoms with van der Waals surface area (Å²) in [6.45, 7) is 1.52. The van der Waals surface area contributed by atoms with Crippen molar-refractivity contribution >= 4 is 53.3 Å². The number of halogens is 3. The van der Waals surface area contributed by atoms with E-state index < -0.39 is 0 Å². The van der Waals surface area contributed by atoms with Crippen LogP contribution in [-0.2, 0) is 12.2 Å². The summed E-state index contributed by atoms with van der Waals surface area (Å²) in [5, 5.41) is 7.01. The molecule has 2 rings (SSSR count). The molecule has 0 aliphatic rings. The molecule has 0 spiro atoms. The Kier molecular flexibility index (Phi) is 11.6. The second-order valence-electron chi connectivity index (χ2n) is 5.31. The molecule has 0 aliphatic heterocycles. The largest absolute Gasteiger partial charge is 0.356 e. The van der Waals surface area contributed by atoms with Gasteiger partial charge in [0.05, 0.1) is 0 Å². The smallest absolute Gasteiger partial charge is 0.191 e. The summed E-state index contributed by atoms with van der Waals surface area (Å²) in [5.74, 6) is 2.16. The molecule has 2 N–H and O–H groups in total. The van der Waals surface area contributed by atoms with Gasteiger partial charge in [-0.15, -0.1) is 24.0 Å². The minimum absolute atomic E-state index is 0. The van der Waals surface area contributed by atoms with Gasteiger partial charge in [0, 0.05) is 37.8 Å². The maximum absolute atomic E-state index is 13.5. The van der Waals surface area contributed by atoms with Crippen molar-refractivity contribution in [3.05, 3.63) is 64.7 Å². The van der Waals surface area contributed by atoms with Crippen LogP contribution in [0.1, 0.15) is 11.1 Å². The molecule has 0 saturated heterocycles. The predicted octanol–water partition coefficient (Wildman–Crippen LogP) is 4.13. The minimum Gasteiger partial charge on any atom is -0.356 e. The molecule has 1 aromatic carbocycles. The number of nitrogens with one attached hydrogen (secondary N) is 2. The van der Waals surface area contributed by atoms with Crippen LogP contribution in [0.2, 0.25) is 5.15 Å². The van der Waals surface area contributed by atoms with Gasteiger partial charge in [-0.1, -0.05) is 35.9 Å². The highest BCUT2D eigenvalue weighted by atomic mass is 127. The lowest BCUT2D eigenvalue weighted by molar-refractivity contribution is 0.617. The first-order valence-electron chi connectivity index (χ1n) is 8.05. The van der Waals surface area contributed by atoms with E-state index in [0.29, 0.717) is 10.9 Å². The van der Waals surface area contributed by atoms with E-state index in [1.54, 1.807) is 37.1 Å². The zero-order chi connectivity index (χ0) is 17.9. The molecule has 2 aromatic rings. The van der Waals surface area contributed by atoms with Crippen LogP contribution in [0.4, 0.5) is 4.39 Å². The molecule has 4 nitrogen and oxygen atoms in total. The summed E-state index contributed by atoms with van der Waals surface area (Å²) < 4.78 is 13.5. The van der Waals surface area contributed by atoms with Crippen LogP contribution in [0.3, 0.4) is 0 Å². The number of benzene rings is 1. The lowest BCUT2D eigenvalue weighted by Gasteiger charge is -2.11. The van der Waals surface area contributed by atoms with Crippen molar-refractivity contribution in [1.82, 2.24) is 15.6 Å². The van der Waals surface area contributed by atoms with Crippen LogP contribution in [-0.4, -0.2) is 36.8 Å². The van der Waals surface area contributed by atoms with Crippen LogP contribution in [0.15, 0.2) is 47.6 Å². The number of hydrogen-bond donors (Lipinski definition) is 2. The summed E-state index contributed by atoms with van der Waals surface area (Å²) in [4.78, 5) is 8.25. The van der Waals surface area contributed by atoms with Crippen molar-refractivity contribution in [3.63, 3.8) is 0 Å². The molecule has 26 heavy (non-hydrogen) atoms. The van der Waals surface area contributed by atoms with E-state index in [1.165, 1.54) is 6.07 Å². The second kappa shape index (κ2) is 13.2. The molecule has 142 valence electrons. The van der Waals surface area contributed by atoms with Gasteiger partial charge in [-0.25, -0.2) is 9.37 Å². The van der Waals surface area contributed by atoms with Crippen molar-refractivity contribution < 1.29 is 4.39 Å². The van der Waals surface area contributed by atoms with Crippen molar-refractivity contribution in [2.24, 2.45) is 4.99 Å². The highest BCUT2D eigenvalue weighted by Gasteiger charge is 2.01. The van der Waals surface area contributed by atoms with E-state index in [9.17, 15) is 4.39 Å². The summed E-state index contributed by atoms with van der Waals surface area (Å²) in [7, 11) is 1.74. The number of nitrogens with zero attached hydrogens (tertiary/aromatic N) is 2. The zero-order valence-electron chi connectivity index (χ0n) is 14.5. The molecule has 0 radical (unpaired) electrons. The van der Waals surface area contributed by atoms with Gasteiger partial charge in [-0.3, -0.25) is 4.99 Å². The fourth-order valence-electron chi connectivity index (χ4n) is 2.14. The summed E-state index contributed by atoms with van der Waals surface area (Å²) >= 11 is 7.46. The number of rotatable bonds is 8. The van der Waals surface area contributed by atoms with Gasteiger partial charge in [-0.2, -0.15) is 11.8 Å². The SMILES string of the molecule is CN=C(NCCSCc1ccccc1F)NCCc1ccc(Cl)nc1.I. The van der Waals surface area contributed by atoms with Crippen molar-refractivity contribution in [1.29, 1.82) is 0 Å². The Morgan fingerprint density at radius 3 is 2.65 bits per heavy atom. The lowest BCUT2D eigenvalue weighted by atomic mass is 10.2. The van der Waals surface area contributed by atoms with Gasteiger partial charge < -0.3 is 10.6 Å². The van der Waals surface area contributed by atoms with Gasteiger partial charge in [0.1, 0.15) is 11.0 Å². The zero-order valence-corrected chi connectivity index (χ0v) is 18.4. The van der Waals surface area contributed by atoms with E-state index in [2.05, 4.69) is 20.6 Å². The predicted molar refractivity (Wildman–Crippen MR) is 120 cm³/mol. The van der Waals surface area contributed by atoms with E-state index >= 15 is 0 Å². The van der Waals surface area contributed by atoms with E-state index in [-0.39, 0.29) is 29.8 Å². The molecule has 0 bridgehead atoms. The number of thioether (sulfide) groups is 1. The fourth-order valence-corrected chi connectivity index (χ4v) is 3.10. The Bertz CT molecular complexity index is 685. The Morgan fingerprint density at radius 2 is 1.96 bits per heavy atom. The number of aliphatic imine (C=N–C) groups is 1. The van der Waals surface area contributed by atoms with Gasteiger partial charge in [-0.05, 0) is 29.7 Å². The number of aromatic nitrogens is 1. The molecule has 0 unspecified atom stereocenters. The Labute approximate surface area is 180 Å². The van der Waals surface area contributed by atoms with Crippen molar-refractivity contribution in [3.8, 4) is 0 Å². The van der Waals surface area contributed by atoms with Crippen molar-refractivity contribution in [2.75, 3.05) is 25.9 Å². The summed E-state index contributed by atoms with van der Waals surface area (Å²) in [5.41, 5.74) is 1.86. The molecule has 0 atom stereocenters. The lowest BCUT2D eigenvalue weighted by Crippen LogP contribution is -2.39. The molecule has 0 fully saturated rings. The maximum atomic E-state index is 13.5. The third-order valence-electron chi connectivity index (χ3n) is 3.47. The Hall–Kier alpha value is -1.06. The maximum Gasteiger partial charge on any atom is 0.191 e. The van der Waals surface area contributed by atoms with Crippen LogP contribution < -0.4 is 10.6 Å². The van der Waals surface area contributed by atoms with Gasteiger partial charge >= 0.3 is 0 Å². The monoisotopic (exact) mass is 508 g/mol. The number of hydrogen-bond acceptors (Lipinski definition) is 3. The molecular formula is C18H23ClFIN4S. The summed E-state index contributed by atoms with van der Waals surface area (Å²) in [6, 6.07) is 10.6. The van der Waals surface area contributed by atoms with E-state index in [0.717, 1.165) is 42.3 Å². The molecule has 0 aliphatic carbocycles. The van der Waals surface area contributed by atoms with Crippen LogP contribution in [0, 0.1) is 5.82 Å². The van der Waals surface area contributed by atoms with E-state index in [1.807, 2.05) is 18.2 Å². The third-order valence-corrected chi connectivity index (χ3v) is 4.70. The Balaban J connectivity index is 0.00000338. The fraction of sp³-hybridized carbons (Fsp3) is 0.333. The van der Waals surface area contributed by atoms with E-state index in [4.69, 9.17) is 11.6 Å². The van der Waals surface area contributed by atoms with Crippen molar-refractivity contribution in [2.45, 2.75) is 12.2 Å². The van der Waals surface area contributed by atoms with Crippen LogP contribution >= 0.6 is 47.3 Å². The summed E-state index contributed by atoms with van der Waals surface area (Å²) in [6.07, 6.45) is 2.62. The second-order valence-corrected chi connectivity index (χ2v) is 6.80. The average molecular weight is 509 g/mol. The van der Waals surface area contributed by atoms with Gasteiger partial charge in [0.25, 0.3) is 0 Å². The van der Waals surface area contributed by atoms with Crippen LogP contribution in [0.5, 0.6) is 0 Å². The first-order valence-corrected chi connectivity index (χ1v) is 9.58. The third kappa shape index (κ3) is 8.55. The minimum atomic E-state index is -0.142. The molecule has 0 saturated carbocycles. The molecular weight excluding hydrogens is 486 g/mol. The highest BCUT2D eigenvalue weighted by molar-refractivity contribution is 14.0. The van der Waals surface area contributed by atoms with Crippen LogP contribution in [0.25, 0.3) is 0 Å². The van der Waals surface area contributed by atoms with Gasteiger partial charge in [0.2, 0.25) is 0 Å². The highest BCUT2D eigenvalue weighted by Crippen LogP contribution is 2.14. The Morgan fingerprint density at radius 1 is 1.19 bits per heavy atom. The average Bonchev–Trinajstić information content (AvgIpc) is 2.63. The number of pyridine rings is 1. The quantitative estimate of drug-likeness (QED) is 0.185. The van der Waals surface area contributed by atoms with Gasteiger partial charge in [0.15, 0.2) is 5.96 Å². The first-order chi connectivity index (χ1) is 12.2. The molecule has 0 amide bonds. The first kappa shape index (κ1) is 23.0. The molecule has 1 heterocycles. The number of guanidine groups is 1. The normalized spacial score (nSPS) is 11.0.